The van der Waals surface area contributed by atoms with Gasteiger partial charge in [-0.3, -0.25) is 0 Å². The zero-order chi connectivity index (χ0) is 0. The van der Waals surface area contributed by atoms with Crippen LogP contribution in [0.5, 0.6) is 0 Å². The molecule has 0 aliphatic carbocycles. The highest BCUT2D eigenvalue weighted by molar-refractivity contribution is 2.65. The Hall–Kier alpha value is 0. The smallest absolute Gasteiger partial charge is 0.0776 e. The Kier molecular flexibility index (Phi) is 0. The van der Waals surface area contributed by atoms with Crippen molar-refractivity contribution in [3.05, 3.63) is 0 Å². The summed E-state index contributed by atoms with van der Waals surface area (Å²) < 4.78 is 0. The lowest BCUT2D eigenvalue weighted by atomic mass is 12.0. The van der Waals surface area contributed by atoms with Crippen molar-refractivity contribution in [2.75, 3.05) is 0 Å². The predicted octanol–water partition coefficient (Wildman–Crippen LogP) is 91.6. The summed E-state index contributed by atoms with van der Waals surface area (Å²) in [4.78, 5) is 0. The average Bonchev–Trinajstić information content (AvgIpc) is 0. The van der Waals surface area contributed by atoms with E-state index in [0.717, 1.165) is 0 Å². The highest BCUT2D eigenvalue weighted by Gasteiger charge is 0.0654. The van der Waals surface area contributed by atoms with Gasteiger partial charge in [-0.15, -0.1) is 0 Å². The van der Waals surface area contributed by atoms with E-state index in [1.54, 1.807) is 0 Å². The molecular weight excluding hydrogens is 1730 g/mol. The van der Waals surface area contributed by atoms with E-state index in [2.05, 4.69) is 0 Å². The number of hydrogen-bond acceptors (Lipinski definition) is 0. The second-order valence-electron chi connectivity index (χ2n) is 0. The fourth-order valence-corrected chi connectivity index (χ4v) is 0. The van der Waals surface area contributed by atoms with Gasteiger partial charge < -0.3 is 0 Å². The Labute approximate surface area is 1060 Å². The molecule has 0 saturated heterocycles. The Balaban J connectivity index is 0. The van der Waals surface area contributed by atoms with Gasteiger partial charge in [-0.1, -0.05) is 1070 Å². The van der Waals surface area contributed by atoms with Crippen molar-refractivity contribution in [3.8, 4) is 0 Å². The van der Waals surface area contributed by atoms with Crippen LogP contribution >= 0.6 is 0 Å². The molecule has 0 amide bonds. The van der Waals surface area contributed by atoms with Crippen LogP contribution in [0.2, 0.25) is 0 Å². The maximum absolute atomic E-state index is 0. The van der Waals surface area contributed by atoms with E-state index in [0.29, 0.717) is 0 Å². The van der Waals surface area contributed by atoms with Crippen molar-refractivity contribution in [1.82, 2.24) is 0 Å². The maximum atomic E-state index is 0. The summed E-state index contributed by atoms with van der Waals surface area (Å²) in [6, 6.07) is 0. The molecule has 0 aliphatic rings. The summed E-state index contributed by atoms with van der Waals surface area (Å²) in [6.07, 6.45) is 0. The Morgan fingerprint density at radius 1 is 0.00694 bits per heavy atom. The third-order valence-corrected chi connectivity index (χ3v) is 0. The summed E-state index contributed by atoms with van der Waals surface area (Å²) >= 11 is 0. The van der Waals surface area contributed by atoms with Crippen LogP contribution in [0.1, 0.15) is 1070 Å². The maximum Gasteiger partial charge on any atom is -0.0776 e. The van der Waals surface area contributed by atoms with Crippen LogP contribution in [0.25, 0.3) is 0 Å². The van der Waals surface area contributed by atoms with Gasteiger partial charge >= 0.3 is 0 Å². The molecule has 0 spiro atoms. The fraction of sp³-hybridized carbons (Fsp3) is 1.00. The zero-order valence-electron chi connectivity index (χ0n) is 0. The van der Waals surface area contributed by atoms with Crippen molar-refractivity contribution in [2.24, 2.45) is 0 Å². The summed E-state index contributed by atoms with van der Waals surface area (Å²) in [7, 11) is 0. The summed E-state index contributed by atoms with van der Waals surface area (Å²) in [6.45, 7) is 0. The van der Waals surface area contributed by atoms with Crippen LogP contribution in [-0.2, 0) is 0 Å². The van der Waals surface area contributed by atoms with Crippen LogP contribution in [0.3, 0.4) is 0 Å². The lowest BCUT2D eigenvalue weighted by molar-refractivity contribution is 2.50. The minimum atomic E-state index is 0. The molecule has 0 rings (SSSR count). The molecule has 1152 valence electrons. The van der Waals surface area contributed by atoms with E-state index in [9.17, 15) is 0 Å². The molecule has 0 heteroatoms. The van der Waals surface area contributed by atoms with E-state index >= 15 is 0 Å². The number of hydrogen-bond donors (Lipinski definition) is 0. The van der Waals surface area contributed by atoms with Crippen molar-refractivity contribution >= 4 is 0 Å². The van der Waals surface area contributed by atoms with Gasteiger partial charge in [0.15, 0.2) is 0 Å². The molecule has 0 aromatic rings. The van der Waals surface area contributed by atoms with Gasteiger partial charge in [-0.2, -0.15) is 0 Å². The molecule has 0 fully saturated rings. The highest BCUT2D eigenvalue weighted by atomic mass is 12.2. The first-order valence-corrected chi connectivity index (χ1v) is 0. The first-order valence-electron chi connectivity index (χ1n) is 0. The molecule has 0 heterocycles. The van der Waals surface area contributed by atoms with Crippen LogP contribution in [0.15, 0.2) is 0 Å². The minimum absolute atomic E-state index is 0. The van der Waals surface area contributed by atoms with Crippen LogP contribution in [0, 0.1) is 0 Å². The van der Waals surface area contributed by atoms with Crippen LogP contribution < -0.4 is 0 Å². The van der Waals surface area contributed by atoms with E-state index in [1.807, 2.05) is 0 Å². The minimum Gasteiger partial charge on any atom is -0.0776 e. The Morgan fingerprint density at radius 3 is 0.00694 bits per heavy atom. The lowest BCUT2D eigenvalue weighted by Crippen LogP contribution is 0.143. The molecule has 0 bridgehead atoms. The molecule has 0 aromatic heterocycles. The van der Waals surface area contributed by atoms with Gasteiger partial charge in [-0.05, 0) is 0 Å². The summed E-state index contributed by atoms with van der Waals surface area (Å²) in [5.74, 6) is 0. The molecule has 0 atom stereocenters. The second kappa shape index (κ2) is 0. The molecule has 0 aromatic carbocycles. The van der Waals surface area contributed by atoms with Gasteiger partial charge in [0.25, 0.3) is 0 Å². The molecule has 0 nitrogen and oxygen atoms in total. The average molecular weight is 2310 g/mol. The molecule has 144 heavy (non-hydrogen) atoms. The van der Waals surface area contributed by atoms with Crippen molar-refractivity contribution in [1.29, 1.82) is 0 Å². The fourth-order valence-electron chi connectivity index (χ4n) is 0. The summed E-state index contributed by atoms with van der Waals surface area (Å²) in [5.41, 5.74) is 0. The summed E-state index contributed by atoms with van der Waals surface area (Å²) in [5, 5.41) is 0. The number of rotatable bonds is 0. The van der Waals surface area contributed by atoms with E-state index in [1.165, 1.54) is 0 Å². The topological polar surface area (TPSA) is 0 Å². The predicted molar refractivity (Wildman–Crippen MR) is 969 cm³/mol. The molecule has 0 saturated carbocycles. The standard InChI is InChI=1S/144CH4/h144*1H4. The van der Waals surface area contributed by atoms with Crippen molar-refractivity contribution in [2.45, 2.75) is 1070 Å². The molecule has 0 N–H and O–H groups in total. The van der Waals surface area contributed by atoms with E-state index in [-0.39, 0.29) is 1070 Å². The van der Waals surface area contributed by atoms with Gasteiger partial charge in [0.1, 0.15) is 0 Å². The Bertz CT molecular complexity index is 0. The Morgan fingerprint density at radius 2 is 0.00694 bits per heavy atom. The van der Waals surface area contributed by atoms with Crippen molar-refractivity contribution < 1.29 is 0 Å². The molecular formula is C144H576. The van der Waals surface area contributed by atoms with Crippen LogP contribution in [-0.4, -0.2) is 0 Å². The SMILES string of the molecule is C.C.C.C.C.C.C.C.C.C.C.C.C.C.C.C.C.C.C.C.C.C.C.C.C.C.C.C.C.C.C.C.C.C.C.C.C.C.C.C.C.C.C.C.C.C.C.C.C.C.C.C.C.C.C.C.C.C.C.C.C.C.C.C.C.C.C.C.C.C.C.C.C.C.C.C.C.C.C.C.C.C.C.C.C.C.C.C.C.C.C.C.C.C.C.C.C.C.C.C.C.C.C.C.C.C.C.C.C.C.C.C.C.C.C.C.C.C.C.C.C.C.C.C.C.C.C.C.C.C.C.C.C.C.C.C.C.C.C.C.C.C.C.C. The van der Waals surface area contributed by atoms with Gasteiger partial charge in [-0.25, -0.2) is 0 Å². The van der Waals surface area contributed by atoms with Crippen LogP contribution in [0.4, 0.5) is 0 Å². The quantitative estimate of drug-likeness (QED) is 0.227. The van der Waals surface area contributed by atoms with Gasteiger partial charge in [0.05, 0.1) is 0 Å². The monoisotopic (exact) mass is 2310 g/mol. The molecule has 0 radical (unpaired) electrons. The first-order chi connectivity index (χ1) is 0. The van der Waals surface area contributed by atoms with Crippen molar-refractivity contribution in [3.63, 3.8) is 0 Å². The third-order valence-electron chi connectivity index (χ3n) is 0. The normalized spacial score (nSPS) is 0. The van der Waals surface area contributed by atoms with Gasteiger partial charge in [0, 0.05) is 0 Å². The lowest BCUT2D eigenvalue weighted by Gasteiger charge is -0.0786. The molecule has 0 aliphatic heterocycles. The highest BCUT2D eigenvalue weighted by Crippen LogP contribution is 0.287. The first kappa shape index (κ1) is 0. The largest absolute Gasteiger partial charge is 0.0776 e. The third kappa shape index (κ3) is 0. The molecule has 0 unspecified atom stereocenters. The zero-order valence-corrected chi connectivity index (χ0v) is 0. The van der Waals surface area contributed by atoms with E-state index < -0.39 is 0 Å². The second-order valence-corrected chi connectivity index (χ2v) is 0. The van der Waals surface area contributed by atoms with E-state index in [4.69, 9.17) is 0 Å². The van der Waals surface area contributed by atoms with Gasteiger partial charge in [0.2, 0.25) is 0 Å².